The Hall–Kier alpha value is -2.30. The molecule has 0 radical (unpaired) electrons. The number of carbonyl (C=O) groups is 1. The summed E-state index contributed by atoms with van der Waals surface area (Å²) in [5.74, 6) is 0.432. The van der Waals surface area contributed by atoms with Crippen LogP contribution >= 0.6 is 0 Å². The highest BCUT2D eigenvalue weighted by molar-refractivity contribution is 5.76. The van der Waals surface area contributed by atoms with Gasteiger partial charge in [0.15, 0.2) is 0 Å². The highest BCUT2D eigenvalue weighted by atomic mass is 16.5. The number of rotatable bonds is 4. The van der Waals surface area contributed by atoms with Gasteiger partial charge in [0.25, 0.3) is 0 Å². The zero-order chi connectivity index (χ0) is 16.4. The molecule has 0 amide bonds. The van der Waals surface area contributed by atoms with Gasteiger partial charge in [-0.15, -0.1) is 0 Å². The van der Waals surface area contributed by atoms with Crippen LogP contribution in [-0.4, -0.2) is 20.1 Å². The van der Waals surface area contributed by atoms with Crippen LogP contribution in [0.5, 0.6) is 0 Å². The molecule has 0 saturated heterocycles. The number of hydrogen-bond acceptors (Lipinski definition) is 5. The van der Waals surface area contributed by atoms with E-state index >= 15 is 0 Å². The van der Waals surface area contributed by atoms with Gasteiger partial charge in [-0.2, -0.15) is 0 Å². The lowest BCUT2D eigenvalue weighted by Crippen LogP contribution is -2.15. The first kappa shape index (κ1) is 16.1. The first-order valence-electron chi connectivity index (χ1n) is 7.21. The molecule has 1 aliphatic carbocycles. The van der Waals surface area contributed by atoms with Gasteiger partial charge in [0.05, 0.1) is 0 Å². The van der Waals surface area contributed by atoms with E-state index in [1.54, 1.807) is 11.0 Å². The molecule has 0 aromatic carbocycles. The number of furan rings is 1. The fourth-order valence-corrected chi connectivity index (χ4v) is 2.33. The number of anilines is 1. The SMILES string of the molecule is CC(=O)OCc1cc(C(C)C)cc2c(N(C)C)c(=O)oc-2c1. The quantitative estimate of drug-likeness (QED) is 0.813. The summed E-state index contributed by atoms with van der Waals surface area (Å²) in [6.45, 7) is 5.67. The van der Waals surface area contributed by atoms with Crippen molar-refractivity contribution in [3.05, 3.63) is 39.7 Å². The first-order valence-corrected chi connectivity index (χ1v) is 7.21. The Morgan fingerprint density at radius 1 is 1.27 bits per heavy atom. The Morgan fingerprint density at radius 3 is 2.50 bits per heavy atom. The maximum Gasteiger partial charge on any atom is 0.360 e. The zero-order valence-corrected chi connectivity index (χ0v) is 13.6. The van der Waals surface area contributed by atoms with Crippen LogP contribution in [0, 0.1) is 0 Å². The lowest BCUT2D eigenvalue weighted by atomic mass is 10.0. The number of nitrogens with zero attached hydrogens (tertiary/aromatic N) is 1. The molecule has 2 aliphatic rings. The van der Waals surface area contributed by atoms with E-state index in [1.807, 2.05) is 26.2 Å². The van der Waals surface area contributed by atoms with Crippen molar-refractivity contribution in [2.45, 2.75) is 33.3 Å². The topological polar surface area (TPSA) is 59.8 Å². The lowest BCUT2D eigenvalue weighted by Gasteiger charge is -2.09. The highest BCUT2D eigenvalue weighted by Gasteiger charge is 2.20. The fraction of sp³-hybridized carbons (Fsp3) is 0.412. The van der Waals surface area contributed by atoms with Crippen molar-refractivity contribution in [2.24, 2.45) is 0 Å². The monoisotopic (exact) mass is 303 g/mol. The average molecular weight is 303 g/mol. The van der Waals surface area contributed by atoms with Crippen molar-refractivity contribution in [2.75, 3.05) is 19.0 Å². The summed E-state index contributed by atoms with van der Waals surface area (Å²) >= 11 is 0. The molecule has 118 valence electrons. The highest BCUT2D eigenvalue weighted by Crippen LogP contribution is 2.33. The second-order valence-electron chi connectivity index (χ2n) is 5.85. The molecule has 5 heteroatoms. The fourth-order valence-electron chi connectivity index (χ4n) is 2.33. The molecule has 0 N–H and O–H groups in total. The molecule has 1 heterocycles. The smallest absolute Gasteiger partial charge is 0.360 e. The van der Waals surface area contributed by atoms with Crippen LogP contribution in [0.25, 0.3) is 11.3 Å². The van der Waals surface area contributed by atoms with Crippen LogP contribution in [0.3, 0.4) is 0 Å². The zero-order valence-electron chi connectivity index (χ0n) is 13.6. The molecule has 0 saturated carbocycles. The van der Waals surface area contributed by atoms with Gasteiger partial charge in [0, 0.05) is 26.6 Å². The normalized spacial score (nSPS) is 11.0. The summed E-state index contributed by atoms with van der Waals surface area (Å²) in [6.07, 6.45) is 0. The van der Waals surface area contributed by atoms with Crippen molar-refractivity contribution in [3.63, 3.8) is 0 Å². The third kappa shape index (κ3) is 3.30. The summed E-state index contributed by atoms with van der Waals surface area (Å²) in [7, 11) is 3.63. The molecular formula is C17H21NO4. The Balaban J connectivity index is 2.63. The number of hydrogen-bond donors (Lipinski definition) is 0. The largest absolute Gasteiger partial charge is 0.461 e. The molecule has 2 rings (SSSR count). The minimum absolute atomic E-state index is 0.158. The number of carbonyl (C=O) groups excluding carboxylic acids is 1. The summed E-state index contributed by atoms with van der Waals surface area (Å²) < 4.78 is 10.4. The standard InChI is InChI=1S/C17H21NO4/c1-10(2)13-6-12(9-21-11(3)19)7-15-14(8-13)16(18(4)5)17(20)22-15/h6-8,10H,9H2,1-5H3. The van der Waals surface area contributed by atoms with E-state index in [2.05, 4.69) is 13.8 Å². The Labute approximate surface area is 129 Å². The number of ether oxygens (including phenoxy) is 1. The molecular weight excluding hydrogens is 282 g/mol. The van der Waals surface area contributed by atoms with E-state index in [0.717, 1.165) is 16.7 Å². The Bertz CT molecular complexity index is 715. The Morgan fingerprint density at radius 2 is 1.95 bits per heavy atom. The van der Waals surface area contributed by atoms with E-state index < -0.39 is 0 Å². The molecule has 0 atom stereocenters. The number of esters is 1. The van der Waals surface area contributed by atoms with Crippen molar-refractivity contribution in [3.8, 4) is 11.3 Å². The molecule has 0 bridgehead atoms. The molecule has 0 aromatic rings. The predicted molar refractivity (Wildman–Crippen MR) is 85.5 cm³/mol. The lowest BCUT2D eigenvalue weighted by molar-refractivity contribution is -0.142. The van der Waals surface area contributed by atoms with Crippen molar-refractivity contribution < 1.29 is 13.9 Å². The molecule has 1 aliphatic heterocycles. The van der Waals surface area contributed by atoms with Gasteiger partial charge >= 0.3 is 11.6 Å². The van der Waals surface area contributed by atoms with Crippen molar-refractivity contribution in [1.29, 1.82) is 0 Å². The third-order valence-electron chi connectivity index (χ3n) is 3.45. The van der Waals surface area contributed by atoms with Crippen molar-refractivity contribution >= 4 is 11.7 Å². The molecule has 0 aromatic heterocycles. The van der Waals surface area contributed by atoms with Gasteiger partial charge in [-0.25, -0.2) is 4.79 Å². The summed E-state index contributed by atoms with van der Waals surface area (Å²) in [5, 5.41) is 0. The van der Waals surface area contributed by atoms with Crippen LogP contribution in [0.1, 0.15) is 37.8 Å². The van der Waals surface area contributed by atoms with Gasteiger partial charge in [0.1, 0.15) is 18.1 Å². The molecule has 0 spiro atoms. The van der Waals surface area contributed by atoms with Crippen molar-refractivity contribution in [1.82, 2.24) is 0 Å². The van der Waals surface area contributed by atoms with Crippen LogP contribution in [0.15, 0.2) is 27.4 Å². The van der Waals surface area contributed by atoms with E-state index in [4.69, 9.17) is 9.15 Å². The molecule has 5 nitrogen and oxygen atoms in total. The van der Waals surface area contributed by atoms with Crippen LogP contribution < -0.4 is 10.5 Å². The summed E-state index contributed by atoms with van der Waals surface area (Å²) in [5.41, 5.74) is 2.80. The summed E-state index contributed by atoms with van der Waals surface area (Å²) in [6, 6.07) is 5.71. The number of fused-ring (bicyclic) bond motifs is 1. The van der Waals surface area contributed by atoms with Gasteiger partial charge < -0.3 is 14.1 Å². The maximum absolute atomic E-state index is 12.0. The second-order valence-corrected chi connectivity index (χ2v) is 5.85. The van der Waals surface area contributed by atoms with Gasteiger partial charge in [-0.3, -0.25) is 4.79 Å². The third-order valence-corrected chi connectivity index (χ3v) is 3.45. The van der Waals surface area contributed by atoms with E-state index in [1.165, 1.54) is 6.92 Å². The first-order chi connectivity index (χ1) is 10.3. The molecule has 0 unspecified atom stereocenters. The van der Waals surface area contributed by atoms with E-state index in [9.17, 15) is 9.59 Å². The summed E-state index contributed by atoms with van der Waals surface area (Å²) in [4.78, 5) is 24.8. The van der Waals surface area contributed by atoms with Gasteiger partial charge in [0.2, 0.25) is 0 Å². The molecule has 22 heavy (non-hydrogen) atoms. The van der Waals surface area contributed by atoms with Crippen LogP contribution in [0.2, 0.25) is 0 Å². The van der Waals surface area contributed by atoms with Gasteiger partial charge in [-0.1, -0.05) is 19.9 Å². The Kier molecular flexibility index (Phi) is 4.54. The predicted octanol–water partition coefficient (Wildman–Crippen LogP) is 3.00. The van der Waals surface area contributed by atoms with Crippen LogP contribution in [-0.2, 0) is 16.1 Å². The minimum Gasteiger partial charge on any atom is -0.461 e. The maximum atomic E-state index is 12.0. The van der Waals surface area contributed by atoms with E-state index in [-0.39, 0.29) is 24.1 Å². The van der Waals surface area contributed by atoms with Gasteiger partial charge in [-0.05, 0) is 29.2 Å². The second kappa shape index (κ2) is 6.22. The average Bonchev–Trinajstić information content (AvgIpc) is 2.60. The molecule has 0 fully saturated rings. The van der Waals surface area contributed by atoms with Crippen LogP contribution in [0.4, 0.5) is 5.69 Å². The minimum atomic E-state index is -0.362. The van der Waals surface area contributed by atoms with E-state index in [0.29, 0.717) is 11.4 Å².